The van der Waals surface area contributed by atoms with Gasteiger partial charge in [0.2, 0.25) is 11.7 Å². The zero-order chi connectivity index (χ0) is 21.3. The van der Waals surface area contributed by atoms with Crippen LogP contribution >= 0.6 is 27.5 Å². The van der Waals surface area contributed by atoms with Gasteiger partial charge in [0.05, 0.1) is 11.0 Å². The van der Waals surface area contributed by atoms with E-state index in [0.29, 0.717) is 21.8 Å². The lowest BCUT2D eigenvalue weighted by Gasteiger charge is -2.12. The molecule has 1 heterocycles. The lowest BCUT2D eigenvalue weighted by atomic mass is 10.1. The molecule has 5 nitrogen and oxygen atoms in total. The summed E-state index contributed by atoms with van der Waals surface area (Å²) in [6.45, 7) is 1.79. The van der Waals surface area contributed by atoms with Crippen molar-refractivity contribution >= 4 is 55.9 Å². The largest absolute Gasteiger partial charge is 0.324 e. The molecule has 3 aromatic carbocycles. The van der Waals surface area contributed by atoms with Gasteiger partial charge in [-0.1, -0.05) is 45.7 Å². The molecular weight excluding hydrogens is 466 g/mol. The van der Waals surface area contributed by atoms with E-state index in [1.54, 1.807) is 47.0 Å². The number of aromatic nitrogens is 2. The number of halogens is 2. The Kier molecular flexibility index (Phi) is 5.70. The fraction of sp³-hybridized carbons (Fsp3) is 0.0870. The number of rotatable bonds is 5. The maximum absolute atomic E-state index is 13.1. The molecule has 0 atom stereocenters. The van der Waals surface area contributed by atoms with Gasteiger partial charge in [0.1, 0.15) is 6.54 Å². The first-order chi connectivity index (χ1) is 14.4. The van der Waals surface area contributed by atoms with Crippen molar-refractivity contribution in [3.05, 3.63) is 93.2 Å². The van der Waals surface area contributed by atoms with Gasteiger partial charge in [-0.15, -0.1) is 0 Å². The Morgan fingerprint density at radius 3 is 2.53 bits per heavy atom. The highest BCUT2D eigenvalue weighted by Gasteiger charge is 2.21. The number of fused-ring (bicyclic) bond motifs is 1. The van der Waals surface area contributed by atoms with Crippen LogP contribution in [-0.4, -0.2) is 21.2 Å². The maximum Gasteiger partial charge on any atom is 0.244 e. The van der Waals surface area contributed by atoms with Crippen LogP contribution in [0.2, 0.25) is 5.02 Å². The molecule has 0 saturated carbocycles. The Balaban J connectivity index is 1.70. The van der Waals surface area contributed by atoms with E-state index >= 15 is 0 Å². The maximum atomic E-state index is 13.1. The Morgan fingerprint density at radius 2 is 1.77 bits per heavy atom. The van der Waals surface area contributed by atoms with Crippen LogP contribution in [0, 0.1) is 6.92 Å². The van der Waals surface area contributed by atoms with E-state index in [1.165, 1.54) is 0 Å². The first kappa shape index (κ1) is 20.3. The third-order valence-corrected chi connectivity index (χ3v) is 5.75. The van der Waals surface area contributed by atoms with Gasteiger partial charge in [-0.25, -0.2) is 4.98 Å². The topological polar surface area (TPSA) is 64.0 Å². The van der Waals surface area contributed by atoms with Gasteiger partial charge in [0.25, 0.3) is 0 Å². The first-order valence-electron chi connectivity index (χ1n) is 9.24. The van der Waals surface area contributed by atoms with Crippen molar-refractivity contribution in [2.75, 3.05) is 5.32 Å². The van der Waals surface area contributed by atoms with Crippen LogP contribution in [0.1, 0.15) is 21.7 Å². The minimum atomic E-state index is -0.270. The highest BCUT2D eigenvalue weighted by Crippen LogP contribution is 2.24. The van der Waals surface area contributed by atoms with Crippen LogP contribution in [0.4, 0.5) is 5.69 Å². The molecular formula is C23H17BrClN3O2. The minimum Gasteiger partial charge on any atom is -0.324 e. The molecule has 0 spiro atoms. The van der Waals surface area contributed by atoms with E-state index in [4.69, 9.17) is 11.6 Å². The molecule has 30 heavy (non-hydrogen) atoms. The van der Waals surface area contributed by atoms with Crippen molar-refractivity contribution in [1.29, 1.82) is 0 Å². The van der Waals surface area contributed by atoms with Crippen LogP contribution in [-0.2, 0) is 11.3 Å². The van der Waals surface area contributed by atoms with E-state index < -0.39 is 0 Å². The fourth-order valence-corrected chi connectivity index (χ4v) is 3.65. The Labute approximate surface area is 186 Å². The second kappa shape index (κ2) is 8.42. The van der Waals surface area contributed by atoms with Crippen molar-refractivity contribution < 1.29 is 9.59 Å². The zero-order valence-electron chi connectivity index (χ0n) is 16.0. The quantitative estimate of drug-likeness (QED) is 0.375. The van der Waals surface area contributed by atoms with Crippen LogP contribution in [0.3, 0.4) is 0 Å². The highest BCUT2D eigenvalue weighted by molar-refractivity contribution is 9.10. The van der Waals surface area contributed by atoms with Crippen molar-refractivity contribution in [1.82, 2.24) is 9.55 Å². The van der Waals surface area contributed by atoms with Crippen molar-refractivity contribution in [3.8, 4) is 0 Å². The molecule has 1 aromatic heterocycles. The van der Waals surface area contributed by atoms with Gasteiger partial charge >= 0.3 is 0 Å². The summed E-state index contributed by atoms with van der Waals surface area (Å²) in [5.41, 5.74) is 3.30. The van der Waals surface area contributed by atoms with Gasteiger partial charge in [0, 0.05) is 20.7 Å². The third kappa shape index (κ3) is 4.01. The SMILES string of the molecule is Cc1c(Cl)cccc1NC(=O)Cn1c(C(=O)c2ccc(Br)cc2)nc2ccccc21. The summed E-state index contributed by atoms with van der Waals surface area (Å²) in [6, 6.07) is 19.8. The van der Waals surface area contributed by atoms with E-state index in [1.807, 2.05) is 31.2 Å². The number of hydrogen-bond donors (Lipinski definition) is 1. The molecule has 150 valence electrons. The zero-order valence-corrected chi connectivity index (χ0v) is 18.4. The van der Waals surface area contributed by atoms with Crippen LogP contribution in [0.15, 0.2) is 71.2 Å². The number of hydrogen-bond acceptors (Lipinski definition) is 3. The molecule has 0 aliphatic heterocycles. The van der Waals surface area contributed by atoms with E-state index in [-0.39, 0.29) is 24.1 Å². The van der Waals surface area contributed by atoms with E-state index in [2.05, 4.69) is 26.2 Å². The van der Waals surface area contributed by atoms with Gasteiger partial charge in [0.15, 0.2) is 5.82 Å². The van der Waals surface area contributed by atoms with Gasteiger partial charge in [-0.3, -0.25) is 9.59 Å². The Bertz CT molecular complexity index is 1270. The number of carbonyl (C=O) groups is 2. The lowest BCUT2D eigenvalue weighted by molar-refractivity contribution is -0.116. The summed E-state index contributed by atoms with van der Waals surface area (Å²) >= 11 is 9.52. The van der Waals surface area contributed by atoms with E-state index in [9.17, 15) is 9.59 Å². The summed E-state index contributed by atoms with van der Waals surface area (Å²) in [4.78, 5) is 30.5. The number of anilines is 1. The minimum absolute atomic E-state index is 0.0515. The molecule has 0 saturated heterocycles. The monoisotopic (exact) mass is 481 g/mol. The normalized spacial score (nSPS) is 10.9. The molecule has 4 rings (SSSR count). The molecule has 7 heteroatoms. The molecule has 4 aromatic rings. The summed E-state index contributed by atoms with van der Waals surface area (Å²) < 4.78 is 2.53. The molecule has 1 N–H and O–H groups in total. The summed E-state index contributed by atoms with van der Waals surface area (Å²) in [7, 11) is 0. The van der Waals surface area contributed by atoms with Gasteiger partial charge in [-0.05, 0) is 61.0 Å². The summed E-state index contributed by atoms with van der Waals surface area (Å²) in [5, 5.41) is 3.45. The predicted octanol–water partition coefficient (Wildman–Crippen LogP) is 5.63. The van der Waals surface area contributed by atoms with Crippen molar-refractivity contribution in [2.45, 2.75) is 13.5 Å². The number of nitrogens with one attached hydrogen (secondary N) is 1. The fourth-order valence-electron chi connectivity index (χ4n) is 3.22. The second-order valence-corrected chi connectivity index (χ2v) is 8.13. The molecule has 0 radical (unpaired) electrons. The van der Waals surface area contributed by atoms with Gasteiger partial charge < -0.3 is 9.88 Å². The average molecular weight is 483 g/mol. The standard InChI is InChI=1S/C23H17BrClN3O2/c1-14-17(25)5-4-7-18(14)26-21(29)13-28-20-8-3-2-6-19(20)27-23(28)22(30)15-9-11-16(24)12-10-15/h2-12H,13H2,1H3,(H,26,29). The number of benzene rings is 3. The van der Waals surface area contributed by atoms with E-state index in [0.717, 1.165) is 15.6 Å². The molecule has 0 fully saturated rings. The van der Waals surface area contributed by atoms with Crippen LogP contribution in [0.5, 0.6) is 0 Å². The van der Waals surface area contributed by atoms with Crippen molar-refractivity contribution in [3.63, 3.8) is 0 Å². The molecule has 0 aliphatic rings. The second-order valence-electron chi connectivity index (χ2n) is 6.81. The summed E-state index contributed by atoms with van der Waals surface area (Å²) in [5.74, 6) is -0.296. The Morgan fingerprint density at radius 1 is 1.03 bits per heavy atom. The highest BCUT2D eigenvalue weighted by atomic mass is 79.9. The lowest BCUT2D eigenvalue weighted by Crippen LogP contribution is -2.22. The van der Waals surface area contributed by atoms with Crippen molar-refractivity contribution in [2.24, 2.45) is 0 Å². The molecule has 1 amide bonds. The number of nitrogens with zero attached hydrogens (tertiary/aromatic N) is 2. The number of amides is 1. The molecule has 0 bridgehead atoms. The number of para-hydroxylation sites is 2. The van der Waals surface area contributed by atoms with Crippen LogP contribution < -0.4 is 5.32 Å². The predicted molar refractivity (Wildman–Crippen MR) is 122 cm³/mol. The Hall–Kier alpha value is -2.96. The number of carbonyl (C=O) groups excluding carboxylic acids is 2. The average Bonchev–Trinajstić information content (AvgIpc) is 3.10. The summed E-state index contributed by atoms with van der Waals surface area (Å²) in [6.07, 6.45) is 0. The number of ketones is 1. The van der Waals surface area contributed by atoms with Crippen LogP contribution in [0.25, 0.3) is 11.0 Å². The third-order valence-electron chi connectivity index (χ3n) is 4.81. The molecule has 0 aliphatic carbocycles. The van der Waals surface area contributed by atoms with Gasteiger partial charge in [-0.2, -0.15) is 0 Å². The first-order valence-corrected chi connectivity index (χ1v) is 10.4. The molecule has 0 unspecified atom stereocenters. The smallest absolute Gasteiger partial charge is 0.244 e. The number of imidazole rings is 1.